The van der Waals surface area contributed by atoms with E-state index in [4.69, 9.17) is 16.3 Å². The second kappa shape index (κ2) is 6.50. The highest BCUT2D eigenvalue weighted by molar-refractivity contribution is 6.31. The van der Waals surface area contributed by atoms with E-state index in [2.05, 4.69) is 5.32 Å². The number of hydrogen-bond acceptors (Lipinski definition) is 3. The first-order valence-electron chi connectivity index (χ1n) is 6.49. The van der Waals surface area contributed by atoms with E-state index < -0.39 is 6.10 Å². The Morgan fingerprint density at radius 2 is 2.00 bits per heavy atom. The Bertz CT molecular complexity index is 658. The van der Waals surface area contributed by atoms with Gasteiger partial charge in [-0.25, -0.2) is 0 Å². The zero-order valence-electron chi connectivity index (χ0n) is 11.8. The minimum atomic E-state index is -0.704. The third-order valence-corrected chi connectivity index (χ3v) is 3.22. The highest BCUT2D eigenvalue weighted by Crippen LogP contribution is 2.27. The van der Waals surface area contributed by atoms with Crippen LogP contribution in [0.5, 0.6) is 11.5 Å². The summed E-state index contributed by atoms with van der Waals surface area (Å²) in [5, 5.41) is 12.7. The van der Waals surface area contributed by atoms with Crippen LogP contribution in [0.2, 0.25) is 5.02 Å². The number of aromatic hydroxyl groups is 1. The van der Waals surface area contributed by atoms with Crippen LogP contribution in [0.25, 0.3) is 0 Å². The topological polar surface area (TPSA) is 58.6 Å². The molecule has 1 atom stereocenters. The zero-order valence-corrected chi connectivity index (χ0v) is 12.5. The standard InChI is InChI=1S/C16H16ClNO3/c1-10-5-3-4-6-15(10)21-11(2)16(20)18-13-9-12(17)7-8-14(13)19/h3-9,11,19H,1-2H3,(H,18,20). The molecule has 0 fully saturated rings. The molecule has 21 heavy (non-hydrogen) atoms. The quantitative estimate of drug-likeness (QED) is 0.846. The highest BCUT2D eigenvalue weighted by atomic mass is 35.5. The normalized spacial score (nSPS) is 11.8. The average molecular weight is 306 g/mol. The predicted molar refractivity (Wildman–Crippen MR) is 83.0 cm³/mol. The van der Waals surface area contributed by atoms with Gasteiger partial charge in [0.25, 0.3) is 5.91 Å². The van der Waals surface area contributed by atoms with Gasteiger partial charge in [0, 0.05) is 5.02 Å². The lowest BCUT2D eigenvalue weighted by Gasteiger charge is -2.16. The fourth-order valence-electron chi connectivity index (χ4n) is 1.78. The van der Waals surface area contributed by atoms with E-state index in [1.165, 1.54) is 12.1 Å². The number of benzene rings is 2. The molecule has 0 aromatic heterocycles. The number of hydrogen-bond donors (Lipinski definition) is 2. The molecule has 110 valence electrons. The molecule has 0 spiro atoms. The summed E-state index contributed by atoms with van der Waals surface area (Å²) in [6.07, 6.45) is -0.704. The van der Waals surface area contributed by atoms with Gasteiger partial charge in [0.2, 0.25) is 0 Å². The fraction of sp³-hybridized carbons (Fsp3) is 0.188. The molecule has 0 saturated heterocycles. The van der Waals surface area contributed by atoms with Gasteiger partial charge < -0.3 is 15.2 Å². The van der Waals surface area contributed by atoms with E-state index in [1.807, 2.05) is 25.1 Å². The Morgan fingerprint density at radius 1 is 1.29 bits per heavy atom. The summed E-state index contributed by atoms with van der Waals surface area (Å²) in [7, 11) is 0. The molecule has 0 radical (unpaired) electrons. The van der Waals surface area contributed by atoms with Crippen LogP contribution < -0.4 is 10.1 Å². The summed E-state index contributed by atoms with van der Waals surface area (Å²) in [6.45, 7) is 3.55. The maximum atomic E-state index is 12.1. The van der Waals surface area contributed by atoms with E-state index in [0.717, 1.165) is 5.56 Å². The number of rotatable bonds is 4. The molecule has 2 aromatic rings. The van der Waals surface area contributed by atoms with Crippen molar-refractivity contribution in [1.82, 2.24) is 0 Å². The van der Waals surface area contributed by atoms with Crippen LogP contribution in [0.4, 0.5) is 5.69 Å². The van der Waals surface area contributed by atoms with E-state index >= 15 is 0 Å². The summed E-state index contributed by atoms with van der Waals surface area (Å²) in [5.74, 6) is 0.238. The monoisotopic (exact) mass is 305 g/mol. The van der Waals surface area contributed by atoms with E-state index in [1.54, 1.807) is 19.1 Å². The van der Waals surface area contributed by atoms with Gasteiger partial charge in [0.15, 0.2) is 6.10 Å². The smallest absolute Gasteiger partial charge is 0.265 e. The number of nitrogens with one attached hydrogen (secondary N) is 1. The maximum absolute atomic E-state index is 12.1. The molecule has 0 heterocycles. The predicted octanol–water partition coefficient (Wildman–Crippen LogP) is 3.76. The number of phenolic OH excluding ortho intramolecular Hbond substituents is 1. The van der Waals surface area contributed by atoms with Crippen molar-refractivity contribution in [2.75, 3.05) is 5.32 Å². The molecule has 2 aromatic carbocycles. The van der Waals surface area contributed by atoms with Crippen molar-refractivity contribution >= 4 is 23.2 Å². The molecule has 0 aliphatic heterocycles. The molecule has 1 amide bonds. The Balaban J connectivity index is 2.06. The van der Waals surface area contributed by atoms with Gasteiger partial charge >= 0.3 is 0 Å². The van der Waals surface area contributed by atoms with Gasteiger partial charge in [-0.2, -0.15) is 0 Å². The van der Waals surface area contributed by atoms with Crippen LogP contribution in [0.1, 0.15) is 12.5 Å². The number of amides is 1. The van der Waals surface area contributed by atoms with Gasteiger partial charge in [-0.05, 0) is 43.7 Å². The first kappa shape index (κ1) is 15.2. The maximum Gasteiger partial charge on any atom is 0.265 e. The number of anilines is 1. The molecule has 5 heteroatoms. The molecule has 2 rings (SSSR count). The van der Waals surface area contributed by atoms with Crippen LogP contribution in [0.15, 0.2) is 42.5 Å². The number of halogens is 1. The minimum absolute atomic E-state index is 0.0455. The minimum Gasteiger partial charge on any atom is -0.506 e. The Labute approximate surface area is 128 Å². The number of aryl methyl sites for hydroxylation is 1. The largest absolute Gasteiger partial charge is 0.506 e. The fourth-order valence-corrected chi connectivity index (χ4v) is 1.95. The third kappa shape index (κ3) is 3.89. The Kier molecular flexibility index (Phi) is 4.70. The van der Waals surface area contributed by atoms with Crippen LogP contribution in [0.3, 0.4) is 0 Å². The van der Waals surface area contributed by atoms with Crippen LogP contribution in [-0.4, -0.2) is 17.1 Å². The first-order valence-corrected chi connectivity index (χ1v) is 6.87. The average Bonchev–Trinajstić information content (AvgIpc) is 2.45. The number of para-hydroxylation sites is 1. The Morgan fingerprint density at radius 3 is 2.71 bits per heavy atom. The molecular weight excluding hydrogens is 290 g/mol. The summed E-state index contributed by atoms with van der Waals surface area (Å²) >= 11 is 5.84. The lowest BCUT2D eigenvalue weighted by Crippen LogP contribution is -2.30. The second-order valence-electron chi connectivity index (χ2n) is 4.68. The van der Waals surface area contributed by atoms with Crippen LogP contribution in [-0.2, 0) is 4.79 Å². The zero-order chi connectivity index (χ0) is 15.4. The van der Waals surface area contributed by atoms with Crippen LogP contribution >= 0.6 is 11.6 Å². The van der Waals surface area contributed by atoms with Gasteiger partial charge in [-0.1, -0.05) is 29.8 Å². The number of carbonyl (C=O) groups is 1. The SMILES string of the molecule is Cc1ccccc1OC(C)C(=O)Nc1cc(Cl)ccc1O. The van der Waals surface area contributed by atoms with Gasteiger partial charge in [-0.3, -0.25) is 4.79 Å². The summed E-state index contributed by atoms with van der Waals surface area (Å²) in [4.78, 5) is 12.1. The molecule has 2 N–H and O–H groups in total. The van der Waals surface area contributed by atoms with Crippen molar-refractivity contribution in [2.24, 2.45) is 0 Å². The Hall–Kier alpha value is -2.20. The summed E-state index contributed by atoms with van der Waals surface area (Å²) < 4.78 is 5.62. The molecule has 1 unspecified atom stereocenters. The molecular formula is C16H16ClNO3. The first-order chi connectivity index (χ1) is 9.97. The lowest BCUT2D eigenvalue weighted by molar-refractivity contribution is -0.122. The number of ether oxygens (including phenoxy) is 1. The molecule has 4 nitrogen and oxygen atoms in total. The highest BCUT2D eigenvalue weighted by Gasteiger charge is 2.17. The molecule has 0 aliphatic rings. The molecule has 0 saturated carbocycles. The van der Waals surface area contributed by atoms with Gasteiger partial charge in [0.05, 0.1) is 5.69 Å². The van der Waals surface area contributed by atoms with Gasteiger partial charge in [0.1, 0.15) is 11.5 Å². The van der Waals surface area contributed by atoms with E-state index in [0.29, 0.717) is 10.8 Å². The number of phenols is 1. The molecule has 0 bridgehead atoms. The van der Waals surface area contributed by atoms with Crippen molar-refractivity contribution in [3.8, 4) is 11.5 Å². The van der Waals surface area contributed by atoms with Crippen molar-refractivity contribution in [3.63, 3.8) is 0 Å². The van der Waals surface area contributed by atoms with Crippen molar-refractivity contribution in [1.29, 1.82) is 0 Å². The summed E-state index contributed by atoms with van der Waals surface area (Å²) in [5.41, 5.74) is 1.20. The third-order valence-electron chi connectivity index (χ3n) is 2.98. The second-order valence-corrected chi connectivity index (χ2v) is 5.11. The van der Waals surface area contributed by atoms with Crippen LogP contribution in [0, 0.1) is 6.92 Å². The van der Waals surface area contributed by atoms with E-state index in [-0.39, 0.29) is 17.3 Å². The van der Waals surface area contributed by atoms with Crippen molar-refractivity contribution < 1.29 is 14.6 Å². The lowest BCUT2D eigenvalue weighted by atomic mass is 10.2. The van der Waals surface area contributed by atoms with Gasteiger partial charge in [-0.15, -0.1) is 0 Å². The number of carbonyl (C=O) groups excluding carboxylic acids is 1. The molecule has 0 aliphatic carbocycles. The summed E-state index contributed by atoms with van der Waals surface area (Å²) in [6, 6.07) is 11.9. The van der Waals surface area contributed by atoms with Crippen molar-refractivity contribution in [3.05, 3.63) is 53.1 Å². The van der Waals surface area contributed by atoms with E-state index in [9.17, 15) is 9.90 Å². The van der Waals surface area contributed by atoms with Crippen molar-refractivity contribution in [2.45, 2.75) is 20.0 Å².